The number of hydrogen-bond donors (Lipinski definition) is 0. The number of carbonyl (C=O) groups excluding carboxylic acids is 1. The molecule has 3 rings (SSSR count). The molecule has 0 aliphatic heterocycles. The van der Waals surface area contributed by atoms with Crippen molar-refractivity contribution in [3.05, 3.63) is 56.7 Å². The van der Waals surface area contributed by atoms with Gasteiger partial charge in [-0.1, -0.05) is 30.3 Å². The van der Waals surface area contributed by atoms with E-state index in [0.717, 1.165) is 21.8 Å². The molecule has 0 heterocycles. The minimum absolute atomic E-state index is 0.856. The number of carbonyl (C=O) groups is 1. The Morgan fingerprint density at radius 2 is 1.88 bits per heavy atom. The number of benzene rings is 2. The molecule has 0 aromatic heterocycles. The average Bonchev–Trinajstić information content (AvgIpc) is 2.67. The summed E-state index contributed by atoms with van der Waals surface area (Å²) in [5.41, 5.74) is 5.86. The van der Waals surface area contributed by atoms with E-state index in [4.69, 9.17) is 0 Å². The molecule has 78 valence electrons. The van der Waals surface area contributed by atoms with Crippen LogP contribution >= 0.6 is 22.6 Å². The molecule has 2 aromatic carbocycles. The molecule has 1 nitrogen and oxygen atoms in total. The lowest BCUT2D eigenvalue weighted by atomic mass is 10.0. The molecule has 16 heavy (non-hydrogen) atoms. The van der Waals surface area contributed by atoms with E-state index in [0.29, 0.717) is 0 Å². The Bertz CT molecular complexity index is 587. The van der Waals surface area contributed by atoms with Crippen LogP contribution in [0, 0.1) is 3.57 Å². The largest absolute Gasteiger partial charge is 0.298 e. The normalized spacial score (nSPS) is 12.1. The molecule has 0 bridgehead atoms. The summed E-state index contributed by atoms with van der Waals surface area (Å²) in [6, 6.07) is 12.5. The highest BCUT2D eigenvalue weighted by Gasteiger charge is 2.21. The Morgan fingerprint density at radius 1 is 1.06 bits per heavy atom. The molecule has 0 saturated carbocycles. The molecule has 0 atom stereocenters. The Kier molecular flexibility index (Phi) is 2.32. The molecule has 0 fully saturated rings. The molecule has 1 aliphatic rings. The second-order valence-electron chi connectivity index (χ2n) is 3.94. The maximum absolute atomic E-state index is 11.1. The molecular formula is C14H9IO. The van der Waals surface area contributed by atoms with Crippen LogP contribution in [-0.4, -0.2) is 6.29 Å². The fraction of sp³-hybridized carbons (Fsp3) is 0.0714. The molecule has 0 spiro atoms. The van der Waals surface area contributed by atoms with Gasteiger partial charge >= 0.3 is 0 Å². The Balaban J connectivity index is 2.32. The minimum Gasteiger partial charge on any atom is -0.298 e. The van der Waals surface area contributed by atoms with Gasteiger partial charge in [-0.2, -0.15) is 0 Å². The van der Waals surface area contributed by atoms with Crippen molar-refractivity contribution in [2.75, 3.05) is 0 Å². The Labute approximate surface area is 108 Å². The Morgan fingerprint density at radius 3 is 2.69 bits per heavy atom. The van der Waals surface area contributed by atoms with Crippen molar-refractivity contribution in [1.82, 2.24) is 0 Å². The average molecular weight is 320 g/mol. The summed E-state index contributed by atoms with van der Waals surface area (Å²) in [7, 11) is 0. The molecular weight excluding hydrogens is 311 g/mol. The maximum Gasteiger partial charge on any atom is 0.151 e. The summed E-state index contributed by atoms with van der Waals surface area (Å²) >= 11 is 2.22. The highest BCUT2D eigenvalue weighted by atomic mass is 127. The first-order chi connectivity index (χ1) is 7.81. The van der Waals surface area contributed by atoms with Crippen molar-refractivity contribution in [2.24, 2.45) is 0 Å². The van der Waals surface area contributed by atoms with E-state index in [-0.39, 0.29) is 0 Å². The summed E-state index contributed by atoms with van der Waals surface area (Å²) in [4.78, 5) is 11.1. The summed E-state index contributed by atoms with van der Waals surface area (Å²) in [6.07, 6.45) is 1.86. The molecule has 0 saturated heterocycles. The molecule has 0 radical (unpaired) electrons. The van der Waals surface area contributed by atoms with E-state index in [1.54, 1.807) is 0 Å². The monoisotopic (exact) mass is 320 g/mol. The van der Waals surface area contributed by atoms with Crippen molar-refractivity contribution in [3.63, 3.8) is 0 Å². The number of aldehydes is 1. The third-order valence-electron chi connectivity index (χ3n) is 3.10. The molecule has 1 aliphatic carbocycles. The van der Waals surface area contributed by atoms with Crippen LogP contribution < -0.4 is 0 Å². The fourth-order valence-electron chi connectivity index (χ4n) is 2.33. The molecule has 2 aromatic rings. The first-order valence-electron chi connectivity index (χ1n) is 5.16. The van der Waals surface area contributed by atoms with Crippen LogP contribution in [0.25, 0.3) is 11.1 Å². The van der Waals surface area contributed by atoms with Crippen LogP contribution in [-0.2, 0) is 6.42 Å². The van der Waals surface area contributed by atoms with Gasteiger partial charge in [0.2, 0.25) is 0 Å². The lowest BCUT2D eigenvalue weighted by Gasteiger charge is -2.04. The van der Waals surface area contributed by atoms with Gasteiger partial charge in [0.1, 0.15) is 0 Å². The zero-order valence-electron chi connectivity index (χ0n) is 8.53. The molecule has 0 N–H and O–H groups in total. The van der Waals surface area contributed by atoms with Gasteiger partial charge in [-0.05, 0) is 57.3 Å². The van der Waals surface area contributed by atoms with E-state index < -0.39 is 0 Å². The van der Waals surface area contributed by atoms with Crippen LogP contribution in [0.2, 0.25) is 0 Å². The lowest BCUT2D eigenvalue weighted by molar-refractivity contribution is 0.112. The van der Waals surface area contributed by atoms with Gasteiger partial charge in [0, 0.05) is 9.13 Å². The van der Waals surface area contributed by atoms with Gasteiger partial charge in [-0.3, -0.25) is 4.79 Å². The predicted molar refractivity (Wildman–Crippen MR) is 72.8 cm³/mol. The molecule has 0 amide bonds. The quantitative estimate of drug-likeness (QED) is 0.494. The van der Waals surface area contributed by atoms with Gasteiger partial charge in [-0.15, -0.1) is 0 Å². The van der Waals surface area contributed by atoms with Crippen LogP contribution in [0.5, 0.6) is 0 Å². The van der Waals surface area contributed by atoms with Crippen molar-refractivity contribution >= 4 is 28.9 Å². The van der Waals surface area contributed by atoms with E-state index in [1.165, 1.54) is 22.3 Å². The second-order valence-corrected chi connectivity index (χ2v) is 5.10. The van der Waals surface area contributed by atoms with Crippen LogP contribution in [0.1, 0.15) is 21.5 Å². The number of fused-ring (bicyclic) bond motifs is 3. The number of rotatable bonds is 1. The van der Waals surface area contributed by atoms with Gasteiger partial charge < -0.3 is 0 Å². The summed E-state index contributed by atoms with van der Waals surface area (Å²) in [5, 5.41) is 0. The SMILES string of the molecule is O=Cc1c(I)ccc2c1Cc1ccccc1-2. The summed E-state index contributed by atoms with van der Waals surface area (Å²) in [6.45, 7) is 0. The van der Waals surface area contributed by atoms with Gasteiger partial charge in [-0.25, -0.2) is 0 Å². The lowest BCUT2D eigenvalue weighted by Crippen LogP contribution is -1.94. The van der Waals surface area contributed by atoms with Crippen molar-refractivity contribution in [1.29, 1.82) is 0 Å². The highest BCUT2D eigenvalue weighted by Crippen LogP contribution is 2.38. The third-order valence-corrected chi connectivity index (χ3v) is 4.04. The van der Waals surface area contributed by atoms with E-state index >= 15 is 0 Å². The van der Waals surface area contributed by atoms with E-state index in [1.807, 2.05) is 12.1 Å². The van der Waals surface area contributed by atoms with Crippen LogP contribution in [0.4, 0.5) is 0 Å². The maximum atomic E-state index is 11.1. The van der Waals surface area contributed by atoms with Gasteiger partial charge in [0.25, 0.3) is 0 Å². The van der Waals surface area contributed by atoms with Gasteiger partial charge in [0.05, 0.1) is 0 Å². The molecule has 2 heteroatoms. The second kappa shape index (κ2) is 3.70. The standard InChI is InChI=1S/C14H9IO/c15-14-6-5-11-10-4-2-1-3-9(10)7-12(11)13(14)8-16/h1-6,8H,7H2. The third kappa shape index (κ3) is 1.33. The van der Waals surface area contributed by atoms with E-state index in [9.17, 15) is 4.79 Å². The smallest absolute Gasteiger partial charge is 0.151 e. The fourth-order valence-corrected chi connectivity index (χ4v) is 2.97. The van der Waals surface area contributed by atoms with Crippen molar-refractivity contribution in [3.8, 4) is 11.1 Å². The first-order valence-corrected chi connectivity index (χ1v) is 6.24. The number of hydrogen-bond acceptors (Lipinski definition) is 1. The summed E-state index contributed by atoms with van der Waals surface area (Å²) < 4.78 is 1.04. The molecule has 0 unspecified atom stereocenters. The first kappa shape index (κ1) is 10.0. The van der Waals surface area contributed by atoms with Crippen LogP contribution in [0.3, 0.4) is 0 Å². The number of halogens is 1. The summed E-state index contributed by atoms with van der Waals surface area (Å²) in [5.74, 6) is 0. The van der Waals surface area contributed by atoms with Crippen molar-refractivity contribution < 1.29 is 4.79 Å². The highest BCUT2D eigenvalue weighted by molar-refractivity contribution is 14.1. The topological polar surface area (TPSA) is 17.1 Å². The van der Waals surface area contributed by atoms with Crippen molar-refractivity contribution in [2.45, 2.75) is 6.42 Å². The zero-order chi connectivity index (χ0) is 11.1. The van der Waals surface area contributed by atoms with Crippen LogP contribution in [0.15, 0.2) is 36.4 Å². The zero-order valence-corrected chi connectivity index (χ0v) is 10.7. The predicted octanol–water partition coefficient (Wildman–Crippen LogP) is 3.67. The van der Waals surface area contributed by atoms with Gasteiger partial charge in [0.15, 0.2) is 6.29 Å². The Hall–Kier alpha value is -1.16. The van der Waals surface area contributed by atoms with E-state index in [2.05, 4.69) is 46.9 Å². The minimum atomic E-state index is 0.856.